The van der Waals surface area contributed by atoms with Gasteiger partial charge in [0.2, 0.25) is 0 Å². The molecule has 1 amide bonds. The molecule has 2 heterocycles. The Kier molecular flexibility index (Phi) is 8.14. The Morgan fingerprint density at radius 2 is 1.59 bits per heavy atom. The summed E-state index contributed by atoms with van der Waals surface area (Å²) in [6.45, 7) is 20.0. The van der Waals surface area contributed by atoms with Gasteiger partial charge >= 0.3 is 19.3 Å². The monoisotopic (exact) mass is 520 g/mol. The van der Waals surface area contributed by atoms with Crippen LogP contribution in [0.15, 0.2) is 0 Å². The molecule has 10 nitrogen and oxygen atoms in total. The standard InChI is InChI=1S/C26H45BN4O6/c1-23(2,3)34-21(32)30(15-14-28-11)16-18-19(27-36-25(7,8)26(9,10)37-27)20(17-12-13-17)31(29-18)22(33)35-24(4,5)6/h17,28H,12-16H2,1-11H3. The highest BCUT2D eigenvalue weighted by atomic mass is 16.7. The van der Waals surface area contributed by atoms with Gasteiger partial charge in [-0.3, -0.25) is 0 Å². The van der Waals surface area contributed by atoms with Crippen molar-refractivity contribution in [2.75, 3.05) is 20.1 Å². The van der Waals surface area contributed by atoms with Crippen molar-refractivity contribution in [3.63, 3.8) is 0 Å². The van der Waals surface area contributed by atoms with Crippen molar-refractivity contribution in [1.82, 2.24) is 20.0 Å². The molecular formula is C26H45BN4O6. The number of aromatic nitrogens is 2. The summed E-state index contributed by atoms with van der Waals surface area (Å²) in [5.41, 5.74) is -0.539. The predicted octanol–water partition coefficient (Wildman–Crippen LogP) is 3.80. The zero-order chi connectivity index (χ0) is 28.0. The van der Waals surface area contributed by atoms with E-state index in [0.29, 0.717) is 24.2 Å². The van der Waals surface area contributed by atoms with Gasteiger partial charge in [-0.05, 0) is 89.1 Å². The lowest BCUT2D eigenvalue weighted by atomic mass is 9.75. The average Bonchev–Trinajstić information content (AvgIpc) is 3.43. The Labute approximate surface area is 221 Å². The topological polar surface area (TPSA) is 104 Å². The number of rotatable bonds is 7. The second-order valence-corrected chi connectivity index (χ2v) is 13.0. The molecule has 1 N–H and O–H groups in total. The molecule has 1 saturated carbocycles. The van der Waals surface area contributed by atoms with E-state index in [1.807, 2.05) is 76.3 Å². The van der Waals surface area contributed by atoms with Crippen LogP contribution in [-0.4, -0.2) is 76.5 Å². The van der Waals surface area contributed by atoms with Gasteiger partial charge in [-0.2, -0.15) is 9.78 Å². The van der Waals surface area contributed by atoms with E-state index >= 15 is 0 Å². The summed E-state index contributed by atoms with van der Waals surface area (Å²) in [6, 6.07) is 0. The lowest BCUT2D eigenvalue weighted by Gasteiger charge is -2.32. The molecule has 0 bridgehead atoms. The van der Waals surface area contributed by atoms with Crippen LogP contribution in [0.5, 0.6) is 0 Å². The number of hydrogen-bond acceptors (Lipinski definition) is 8. The van der Waals surface area contributed by atoms with Crippen LogP contribution in [0.1, 0.15) is 99.4 Å². The fourth-order valence-electron chi connectivity index (χ4n) is 4.01. The Balaban J connectivity index is 2.10. The highest BCUT2D eigenvalue weighted by molar-refractivity contribution is 6.63. The minimum Gasteiger partial charge on any atom is -0.444 e. The molecule has 1 aromatic heterocycles. The van der Waals surface area contributed by atoms with Crippen molar-refractivity contribution in [3.05, 3.63) is 11.4 Å². The molecule has 1 aliphatic carbocycles. The van der Waals surface area contributed by atoms with E-state index in [-0.39, 0.29) is 12.5 Å². The molecule has 37 heavy (non-hydrogen) atoms. The molecular weight excluding hydrogens is 475 g/mol. The van der Waals surface area contributed by atoms with Gasteiger partial charge in [0.25, 0.3) is 0 Å². The molecule has 0 aromatic carbocycles. The summed E-state index contributed by atoms with van der Waals surface area (Å²) >= 11 is 0. The van der Waals surface area contributed by atoms with Gasteiger partial charge in [0.1, 0.15) is 11.2 Å². The minimum absolute atomic E-state index is 0.130. The number of carbonyl (C=O) groups excluding carboxylic acids is 2. The summed E-state index contributed by atoms with van der Waals surface area (Å²) in [5, 5.41) is 7.82. The van der Waals surface area contributed by atoms with Crippen molar-refractivity contribution >= 4 is 24.8 Å². The second-order valence-electron chi connectivity index (χ2n) is 13.0. The van der Waals surface area contributed by atoms with Gasteiger partial charge < -0.3 is 29.0 Å². The SMILES string of the molecule is CNCCN(Cc1nn(C(=O)OC(C)(C)C)c(C2CC2)c1B1OC(C)(C)C(C)(C)O1)C(=O)OC(C)(C)C. The highest BCUT2D eigenvalue weighted by Gasteiger charge is 2.55. The Hall–Kier alpha value is -2.11. The van der Waals surface area contributed by atoms with Crippen molar-refractivity contribution in [3.8, 4) is 0 Å². The smallest absolute Gasteiger partial charge is 0.444 e. The first-order valence-electron chi connectivity index (χ1n) is 13.2. The zero-order valence-electron chi connectivity index (χ0n) is 24.5. The average molecular weight is 520 g/mol. The number of nitrogens with zero attached hydrogens (tertiary/aromatic N) is 3. The summed E-state index contributed by atoms with van der Waals surface area (Å²) in [7, 11) is 1.09. The predicted molar refractivity (Wildman–Crippen MR) is 142 cm³/mol. The highest BCUT2D eigenvalue weighted by Crippen LogP contribution is 2.42. The fraction of sp³-hybridized carbons (Fsp3) is 0.808. The third-order valence-electron chi connectivity index (χ3n) is 6.68. The number of ether oxygens (including phenoxy) is 2. The maximum absolute atomic E-state index is 13.3. The molecule has 0 spiro atoms. The van der Waals surface area contributed by atoms with Crippen LogP contribution in [0, 0.1) is 0 Å². The van der Waals surface area contributed by atoms with Gasteiger partial charge in [0, 0.05) is 24.5 Å². The van der Waals surface area contributed by atoms with E-state index in [1.54, 1.807) is 4.90 Å². The minimum atomic E-state index is -0.739. The quantitative estimate of drug-likeness (QED) is 0.542. The third-order valence-corrected chi connectivity index (χ3v) is 6.68. The van der Waals surface area contributed by atoms with Crippen LogP contribution in [0.2, 0.25) is 0 Å². The van der Waals surface area contributed by atoms with E-state index in [1.165, 1.54) is 4.68 Å². The third kappa shape index (κ3) is 7.06. The Morgan fingerprint density at radius 1 is 1.05 bits per heavy atom. The Morgan fingerprint density at radius 3 is 2.05 bits per heavy atom. The van der Waals surface area contributed by atoms with Gasteiger partial charge in [-0.25, -0.2) is 9.59 Å². The van der Waals surface area contributed by atoms with Crippen molar-refractivity contribution in [2.24, 2.45) is 0 Å². The molecule has 1 aromatic rings. The first kappa shape index (κ1) is 29.5. The zero-order valence-corrected chi connectivity index (χ0v) is 24.5. The first-order valence-corrected chi connectivity index (χ1v) is 13.2. The van der Waals surface area contributed by atoms with E-state index < -0.39 is 41.7 Å². The number of carbonyl (C=O) groups is 2. The molecule has 0 radical (unpaired) electrons. The van der Waals surface area contributed by atoms with Crippen LogP contribution in [0.25, 0.3) is 0 Å². The van der Waals surface area contributed by atoms with Gasteiger partial charge in [-0.1, -0.05) is 0 Å². The van der Waals surface area contributed by atoms with E-state index in [4.69, 9.17) is 23.9 Å². The van der Waals surface area contributed by atoms with E-state index in [0.717, 1.165) is 18.5 Å². The maximum Gasteiger partial charge on any atom is 0.498 e. The molecule has 208 valence electrons. The van der Waals surface area contributed by atoms with Gasteiger partial charge in [0.05, 0.1) is 29.1 Å². The van der Waals surface area contributed by atoms with E-state index in [9.17, 15) is 9.59 Å². The van der Waals surface area contributed by atoms with Crippen LogP contribution >= 0.6 is 0 Å². The second kappa shape index (κ2) is 10.2. The Bertz CT molecular complexity index is 988. The fourth-order valence-corrected chi connectivity index (χ4v) is 4.01. The van der Waals surface area contributed by atoms with Gasteiger partial charge in [-0.15, -0.1) is 0 Å². The molecule has 2 fully saturated rings. The first-order chi connectivity index (χ1) is 16.9. The summed E-state index contributed by atoms with van der Waals surface area (Å²) in [4.78, 5) is 28.1. The molecule has 0 atom stereocenters. The summed E-state index contributed by atoms with van der Waals surface area (Å²) in [6.07, 6.45) is 0.839. The lowest BCUT2D eigenvalue weighted by molar-refractivity contribution is 0.00578. The largest absolute Gasteiger partial charge is 0.498 e. The molecule has 2 aliphatic rings. The van der Waals surface area contributed by atoms with Crippen molar-refractivity contribution in [1.29, 1.82) is 0 Å². The molecule has 3 rings (SSSR count). The molecule has 1 aliphatic heterocycles. The summed E-state index contributed by atoms with van der Waals surface area (Å²) in [5.74, 6) is 0.134. The van der Waals surface area contributed by atoms with Gasteiger partial charge in [0.15, 0.2) is 0 Å². The lowest BCUT2D eigenvalue weighted by Crippen LogP contribution is -2.43. The van der Waals surface area contributed by atoms with Crippen molar-refractivity contribution < 1.29 is 28.4 Å². The normalized spacial score (nSPS) is 19.2. The number of amides is 1. The van der Waals surface area contributed by atoms with Crippen LogP contribution in [0.3, 0.4) is 0 Å². The van der Waals surface area contributed by atoms with Crippen LogP contribution < -0.4 is 10.8 Å². The van der Waals surface area contributed by atoms with E-state index in [2.05, 4.69) is 5.32 Å². The van der Waals surface area contributed by atoms with Crippen LogP contribution in [0.4, 0.5) is 9.59 Å². The number of hydrogen-bond donors (Lipinski definition) is 1. The molecule has 11 heteroatoms. The molecule has 0 unspecified atom stereocenters. The number of likely N-dealkylation sites (N-methyl/N-ethyl adjacent to an activating group) is 1. The molecule has 1 saturated heterocycles. The number of nitrogens with one attached hydrogen (secondary N) is 1. The van der Waals surface area contributed by atoms with Crippen LogP contribution in [-0.2, 0) is 25.3 Å². The summed E-state index contributed by atoms with van der Waals surface area (Å²) < 4.78 is 25.6. The van der Waals surface area contributed by atoms with Crippen molar-refractivity contribution in [2.45, 2.75) is 117 Å². The maximum atomic E-state index is 13.3.